The second-order valence-electron chi connectivity index (χ2n) is 3.98. The average Bonchev–Trinajstić information content (AvgIpc) is 2.76. The number of isocyanates is 1. The van der Waals surface area contributed by atoms with Gasteiger partial charge in [-0.3, -0.25) is 0 Å². The molecule has 0 N–H and O–H groups in total. The Morgan fingerprint density at radius 2 is 2.05 bits per heavy atom. The van der Waals surface area contributed by atoms with E-state index >= 15 is 0 Å². The lowest BCUT2D eigenvalue weighted by molar-refractivity contribution is 0.565. The second-order valence-corrected chi connectivity index (χ2v) is 5.19. The summed E-state index contributed by atoms with van der Waals surface area (Å²) in [5, 5.41) is 0. The number of fused-ring (bicyclic) bond motifs is 1. The van der Waals surface area contributed by atoms with Gasteiger partial charge in [-0.2, -0.15) is 4.99 Å². The predicted octanol–water partition coefficient (Wildman–Crippen LogP) is 3.63. The van der Waals surface area contributed by atoms with Crippen LogP contribution in [-0.2, 0) is 4.79 Å². The van der Waals surface area contributed by atoms with E-state index in [1.54, 1.807) is 12.3 Å². The maximum Gasteiger partial charge on any atom is 0.240 e. The predicted molar refractivity (Wildman–Crippen MR) is 75.4 cm³/mol. The van der Waals surface area contributed by atoms with E-state index in [1.165, 1.54) is 11.3 Å². The number of aryl methyl sites for hydroxylation is 1. The van der Waals surface area contributed by atoms with Crippen molar-refractivity contribution in [3.8, 4) is 11.3 Å². The summed E-state index contributed by atoms with van der Waals surface area (Å²) in [6.45, 7) is 1.90. The molecule has 19 heavy (non-hydrogen) atoms. The highest BCUT2D eigenvalue weighted by Gasteiger charge is 2.12. The highest BCUT2D eigenvalue weighted by Crippen LogP contribution is 2.35. The molecule has 0 saturated carbocycles. The number of rotatable bonds is 2. The van der Waals surface area contributed by atoms with Crippen LogP contribution < -0.4 is 0 Å². The molecule has 0 aliphatic rings. The number of thiophene rings is 1. The van der Waals surface area contributed by atoms with Crippen LogP contribution in [-0.4, -0.2) is 16.0 Å². The molecule has 2 heterocycles. The highest BCUT2D eigenvalue weighted by atomic mass is 32.1. The normalized spacial score (nSPS) is 10.4. The molecule has 4 nitrogen and oxygen atoms in total. The van der Waals surface area contributed by atoms with Gasteiger partial charge in [0.2, 0.25) is 6.08 Å². The number of hydrogen-bond donors (Lipinski definition) is 0. The minimum atomic E-state index is 0.570. The van der Waals surface area contributed by atoms with Gasteiger partial charge in [-0.25, -0.2) is 14.8 Å². The van der Waals surface area contributed by atoms with Crippen molar-refractivity contribution in [3.05, 3.63) is 41.4 Å². The third-order valence-corrected chi connectivity index (χ3v) is 3.77. The fourth-order valence-corrected chi connectivity index (χ4v) is 2.77. The SMILES string of the molecule is Cc1sc2ncc(-c3ccccc3)nc2c1N=C=O. The van der Waals surface area contributed by atoms with E-state index in [-0.39, 0.29) is 0 Å². The van der Waals surface area contributed by atoms with Crippen LogP contribution in [0, 0.1) is 6.92 Å². The van der Waals surface area contributed by atoms with Gasteiger partial charge in [0, 0.05) is 10.4 Å². The Morgan fingerprint density at radius 1 is 1.26 bits per heavy atom. The smallest absolute Gasteiger partial charge is 0.240 e. The Morgan fingerprint density at radius 3 is 2.79 bits per heavy atom. The van der Waals surface area contributed by atoms with Crippen molar-refractivity contribution >= 4 is 33.5 Å². The molecule has 92 valence electrons. The molecule has 0 atom stereocenters. The lowest BCUT2D eigenvalue weighted by Gasteiger charge is -1.99. The molecule has 0 fully saturated rings. The Balaban J connectivity index is 2.25. The van der Waals surface area contributed by atoms with Gasteiger partial charge in [0.25, 0.3) is 0 Å². The first-order chi connectivity index (χ1) is 9.29. The van der Waals surface area contributed by atoms with Crippen LogP contribution in [0.1, 0.15) is 4.88 Å². The molecular weight excluding hydrogens is 258 g/mol. The van der Waals surface area contributed by atoms with E-state index in [0.29, 0.717) is 11.2 Å². The number of nitrogens with zero attached hydrogens (tertiary/aromatic N) is 3. The van der Waals surface area contributed by atoms with Gasteiger partial charge in [0.1, 0.15) is 16.0 Å². The fourth-order valence-electron chi connectivity index (χ4n) is 1.89. The third-order valence-electron chi connectivity index (χ3n) is 2.77. The van der Waals surface area contributed by atoms with Crippen molar-refractivity contribution in [1.29, 1.82) is 0 Å². The summed E-state index contributed by atoms with van der Waals surface area (Å²) < 4.78 is 0. The first-order valence-corrected chi connectivity index (χ1v) is 6.50. The van der Waals surface area contributed by atoms with Gasteiger partial charge < -0.3 is 0 Å². The van der Waals surface area contributed by atoms with Crippen LogP contribution in [0.2, 0.25) is 0 Å². The molecular formula is C14H9N3OS. The van der Waals surface area contributed by atoms with E-state index in [2.05, 4.69) is 15.0 Å². The largest absolute Gasteiger partial charge is 0.241 e. The summed E-state index contributed by atoms with van der Waals surface area (Å²) >= 11 is 1.48. The lowest BCUT2D eigenvalue weighted by Crippen LogP contribution is -1.85. The molecule has 0 amide bonds. The quantitative estimate of drug-likeness (QED) is 0.526. The van der Waals surface area contributed by atoms with Crippen LogP contribution >= 0.6 is 11.3 Å². The minimum Gasteiger partial charge on any atom is -0.241 e. The number of benzene rings is 1. The van der Waals surface area contributed by atoms with Crippen molar-refractivity contribution in [3.63, 3.8) is 0 Å². The zero-order valence-corrected chi connectivity index (χ0v) is 10.9. The molecule has 1 aromatic carbocycles. The zero-order valence-electron chi connectivity index (χ0n) is 10.1. The summed E-state index contributed by atoms with van der Waals surface area (Å²) in [7, 11) is 0. The maximum atomic E-state index is 10.5. The monoisotopic (exact) mass is 267 g/mol. The van der Waals surface area contributed by atoms with Gasteiger partial charge >= 0.3 is 0 Å². The van der Waals surface area contributed by atoms with Crippen LogP contribution in [0.5, 0.6) is 0 Å². The van der Waals surface area contributed by atoms with Gasteiger partial charge in [0.15, 0.2) is 0 Å². The molecule has 3 rings (SSSR count). The number of aromatic nitrogens is 2. The van der Waals surface area contributed by atoms with Crippen LogP contribution in [0.15, 0.2) is 41.5 Å². The summed E-state index contributed by atoms with van der Waals surface area (Å²) in [6, 6.07) is 9.79. The van der Waals surface area contributed by atoms with E-state index < -0.39 is 0 Å². The third kappa shape index (κ3) is 2.05. The maximum absolute atomic E-state index is 10.5. The van der Waals surface area contributed by atoms with Gasteiger partial charge in [-0.15, -0.1) is 11.3 Å². The summed E-state index contributed by atoms with van der Waals surface area (Å²) in [5.41, 5.74) is 2.99. The fraction of sp³-hybridized carbons (Fsp3) is 0.0714. The molecule has 0 unspecified atom stereocenters. The molecule has 5 heteroatoms. The molecule has 0 aliphatic heterocycles. The molecule has 0 saturated heterocycles. The van der Waals surface area contributed by atoms with E-state index in [9.17, 15) is 4.79 Å². The van der Waals surface area contributed by atoms with Crippen LogP contribution in [0.4, 0.5) is 5.69 Å². The summed E-state index contributed by atoms with van der Waals surface area (Å²) in [5.74, 6) is 0. The standard InChI is InChI=1S/C14H9N3OS/c1-9-12(16-8-18)13-14(19-9)15-7-11(17-13)10-5-3-2-4-6-10/h2-7H,1H3. The Hall–Kier alpha value is -2.36. The van der Waals surface area contributed by atoms with Crippen molar-refractivity contribution in [2.75, 3.05) is 0 Å². The van der Waals surface area contributed by atoms with Crippen molar-refractivity contribution < 1.29 is 4.79 Å². The Bertz CT molecular complexity index is 789. The zero-order chi connectivity index (χ0) is 13.2. The first kappa shape index (κ1) is 11.7. The van der Waals surface area contributed by atoms with Gasteiger partial charge in [-0.1, -0.05) is 30.3 Å². The lowest BCUT2D eigenvalue weighted by atomic mass is 10.2. The molecule has 0 spiro atoms. The summed E-state index contributed by atoms with van der Waals surface area (Å²) in [6.07, 6.45) is 3.31. The Kier molecular flexibility index (Phi) is 2.91. The van der Waals surface area contributed by atoms with Crippen molar-refractivity contribution in [1.82, 2.24) is 9.97 Å². The van der Waals surface area contributed by atoms with Crippen LogP contribution in [0.25, 0.3) is 21.6 Å². The van der Waals surface area contributed by atoms with Crippen molar-refractivity contribution in [2.45, 2.75) is 6.92 Å². The molecule has 2 aromatic heterocycles. The Labute approximate surface area is 113 Å². The highest BCUT2D eigenvalue weighted by molar-refractivity contribution is 7.19. The number of aliphatic imine (C=N–C) groups is 1. The number of carbonyl (C=O) groups excluding carboxylic acids is 1. The van der Waals surface area contributed by atoms with E-state index in [0.717, 1.165) is 21.0 Å². The van der Waals surface area contributed by atoms with Gasteiger partial charge in [0.05, 0.1) is 11.9 Å². The van der Waals surface area contributed by atoms with E-state index in [4.69, 9.17) is 0 Å². The molecule has 3 aromatic rings. The summed E-state index contributed by atoms with van der Waals surface area (Å²) in [4.78, 5) is 24.9. The molecule has 0 aliphatic carbocycles. The molecule has 0 radical (unpaired) electrons. The van der Waals surface area contributed by atoms with Crippen LogP contribution in [0.3, 0.4) is 0 Å². The molecule has 0 bridgehead atoms. The van der Waals surface area contributed by atoms with E-state index in [1.807, 2.05) is 37.3 Å². The van der Waals surface area contributed by atoms with Gasteiger partial charge in [-0.05, 0) is 6.92 Å². The van der Waals surface area contributed by atoms with Crippen molar-refractivity contribution in [2.24, 2.45) is 4.99 Å². The first-order valence-electron chi connectivity index (χ1n) is 5.69. The topological polar surface area (TPSA) is 55.2 Å². The second kappa shape index (κ2) is 4.72. The minimum absolute atomic E-state index is 0.570. The number of hydrogen-bond acceptors (Lipinski definition) is 5. The average molecular weight is 267 g/mol.